The number of nitriles is 1. The van der Waals surface area contributed by atoms with Crippen LogP contribution in [-0.4, -0.2) is 33.0 Å². The highest BCUT2D eigenvalue weighted by molar-refractivity contribution is 7.89. The molecule has 0 unspecified atom stereocenters. The second-order valence-corrected chi connectivity index (χ2v) is 7.42. The first-order valence-corrected chi connectivity index (χ1v) is 10.0. The summed E-state index contributed by atoms with van der Waals surface area (Å²) in [6.07, 6.45) is -1.00. The maximum Gasteiger partial charge on any atom is 0.338 e. The Morgan fingerprint density at radius 1 is 1.10 bits per heavy atom. The molecule has 2 N–H and O–H groups in total. The summed E-state index contributed by atoms with van der Waals surface area (Å²) in [6.45, 7) is 3.31. The van der Waals surface area contributed by atoms with E-state index in [0.29, 0.717) is 11.3 Å². The highest BCUT2D eigenvalue weighted by atomic mass is 32.2. The van der Waals surface area contributed by atoms with Gasteiger partial charge >= 0.3 is 5.97 Å². The number of nitrogens with one attached hydrogen (secondary N) is 2. The van der Waals surface area contributed by atoms with Gasteiger partial charge in [-0.05, 0) is 62.4 Å². The number of amides is 1. The van der Waals surface area contributed by atoms with Crippen LogP contribution in [0, 0.1) is 11.3 Å². The van der Waals surface area contributed by atoms with Crippen molar-refractivity contribution in [3.8, 4) is 11.8 Å². The van der Waals surface area contributed by atoms with Crippen LogP contribution < -0.4 is 15.0 Å². The van der Waals surface area contributed by atoms with E-state index in [2.05, 4.69) is 5.43 Å². The minimum absolute atomic E-state index is 0.147. The third-order valence-corrected chi connectivity index (χ3v) is 4.91. The first kappa shape index (κ1) is 21.9. The first-order chi connectivity index (χ1) is 13.8. The lowest BCUT2D eigenvalue weighted by atomic mass is 10.2. The molecule has 0 saturated heterocycles. The molecule has 1 atom stereocenters. The summed E-state index contributed by atoms with van der Waals surface area (Å²) in [5.74, 6) is -0.934. The molecule has 0 fully saturated rings. The van der Waals surface area contributed by atoms with Gasteiger partial charge in [-0.3, -0.25) is 10.2 Å². The smallest absolute Gasteiger partial charge is 0.338 e. The zero-order valence-electron chi connectivity index (χ0n) is 15.7. The molecule has 2 aromatic carbocycles. The molecule has 29 heavy (non-hydrogen) atoms. The number of hydrogen-bond acceptors (Lipinski definition) is 7. The van der Waals surface area contributed by atoms with Crippen molar-refractivity contribution in [3.63, 3.8) is 0 Å². The first-order valence-electron chi connectivity index (χ1n) is 8.52. The molecule has 0 bridgehead atoms. The Labute approximate surface area is 168 Å². The second kappa shape index (κ2) is 9.68. The van der Waals surface area contributed by atoms with Gasteiger partial charge in [0.25, 0.3) is 15.9 Å². The number of benzene rings is 2. The average Bonchev–Trinajstić information content (AvgIpc) is 2.72. The standard InChI is InChI=1S/C19H19N3O6S/c1-3-27-19(24)15-6-10-17(11-7-15)29(25,26)22-21-18(23)13(2)28-16-8-4-14(12-20)5-9-16/h4-11,13,22H,3H2,1-2H3,(H,21,23)/t13-/m0/s1. The molecular formula is C19H19N3O6S. The van der Waals surface area contributed by atoms with Gasteiger partial charge in [0.1, 0.15) is 5.75 Å². The molecule has 10 heteroatoms. The van der Waals surface area contributed by atoms with Crippen molar-refractivity contribution in [1.82, 2.24) is 10.3 Å². The topological polar surface area (TPSA) is 135 Å². The highest BCUT2D eigenvalue weighted by Crippen LogP contribution is 2.14. The zero-order valence-corrected chi connectivity index (χ0v) is 16.5. The van der Waals surface area contributed by atoms with Crippen molar-refractivity contribution < 1.29 is 27.5 Å². The Bertz CT molecular complexity index is 1010. The van der Waals surface area contributed by atoms with Gasteiger partial charge in [0.05, 0.1) is 28.7 Å². The molecule has 0 aliphatic carbocycles. The van der Waals surface area contributed by atoms with E-state index in [1.165, 1.54) is 55.5 Å². The van der Waals surface area contributed by atoms with E-state index in [4.69, 9.17) is 14.7 Å². The lowest BCUT2D eigenvalue weighted by molar-refractivity contribution is -0.127. The number of rotatable bonds is 8. The van der Waals surface area contributed by atoms with E-state index >= 15 is 0 Å². The third-order valence-electron chi connectivity index (χ3n) is 3.65. The molecule has 0 heterocycles. The summed E-state index contributed by atoms with van der Waals surface area (Å²) >= 11 is 0. The van der Waals surface area contributed by atoms with Crippen LogP contribution in [0.2, 0.25) is 0 Å². The van der Waals surface area contributed by atoms with Crippen molar-refractivity contribution in [2.45, 2.75) is 24.8 Å². The number of ether oxygens (including phenoxy) is 2. The molecular weight excluding hydrogens is 398 g/mol. The van der Waals surface area contributed by atoms with E-state index in [0.717, 1.165) is 0 Å². The summed E-state index contributed by atoms with van der Waals surface area (Å²) in [5.41, 5.74) is 2.72. The van der Waals surface area contributed by atoms with Crippen LogP contribution >= 0.6 is 0 Å². The van der Waals surface area contributed by atoms with Crippen LogP contribution in [0.4, 0.5) is 0 Å². The largest absolute Gasteiger partial charge is 0.481 e. The van der Waals surface area contributed by atoms with Gasteiger partial charge < -0.3 is 9.47 Å². The monoisotopic (exact) mass is 417 g/mol. The van der Waals surface area contributed by atoms with Gasteiger partial charge in [-0.25, -0.2) is 13.2 Å². The van der Waals surface area contributed by atoms with Crippen LogP contribution in [0.25, 0.3) is 0 Å². The van der Waals surface area contributed by atoms with E-state index in [-0.39, 0.29) is 17.1 Å². The Kier molecular flexibility index (Phi) is 7.30. The molecule has 2 aromatic rings. The normalized spacial score (nSPS) is 11.8. The highest BCUT2D eigenvalue weighted by Gasteiger charge is 2.20. The van der Waals surface area contributed by atoms with E-state index in [1.54, 1.807) is 6.92 Å². The Morgan fingerprint density at radius 3 is 2.28 bits per heavy atom. The fourth-order valence-corrected chi connectivity index (χ4v) is 2.98. The van der Waals surface area contributed by atoms with Crippen molar-refractivity contribution in [3.05, 3.63) is 59.7 Å². The number of hydrogen-bond donors (Lipinski definition) is 2. The summed E-state index contributed by atoms with van der Waals surface area (Å²) < 4.78 is 34.8. The second-order valence-electron chi connectivity index (χ2n) is 5.74. The molecule has 0 aliphatic heterocycles. The summed E-state index contributed by atoms with van der Waals surface area (Å²) in [7, 11) is -4.05. The SMILES string of the molecule is CCOC(=O)c1ccc(S(=O)(=O)NNC(=O)[C@H](C)Oc2ccc(C#N)cc2)cc1. The molecule has 0 aliphatic rings. The molecule has 0 radical (unpaired) electrons. The van der Waals surface area contributed by atoms with E-state index < -0.39 is 28.0 Å². The summed E-state index contributed by atoms with van der Waals surface area (Å²) in [4.78, 5) is 25.5. The molecule has 0 saturated carbocycles. The lowest BCUT2D eigenvalue weighted by Crippen LogP contribution is -2.47. The van der Waals surface area contributed by atoms with Crippen molar-refractivity contribution in [2.75, 3.05) is 6.61 Å². The van der Waals surface area contributed by atoms with E-state index in [9.17, 15) is 18.0 Å². The predicted molar refractivity (Wildman–Crippen MR) is 102 cm³/mol. The number of esters is 1. The van der Waals surface area contributed by atoms with Gasteiger partial charge in [0.15, 0.2) is 6.10 Å². The van der Waals surface area contributed by atoms with Crippen molar-refractivity contribution >= 4 is 21.9 Å². The molecule has 9 nitrogen and oxygen atoms in total. The molecule has 0 spiro atoms. The van der Waals surface area contributed by atoms with E-state index in [1.807, 2.05) is 10.9 Å². The number of carbonyl (C=O) groups excluding carboxylic acids is 2. The van der Waals surface area contributed by atoms with Gasteiger partial charge in [0, 0.05) is 0 Å². The number of nitrogens with zero attached hydrogens (tertiary/aromatic N) is 1. The van der Waals surface area contributed by atoms with Crippen LogP contribution in [0.15, 0.2) is 53.4 Å². The Morgan fingerprint density at radius 2 is 1.72 bits per heavy atom. The zero-order chi connectivity index (χ0) is 21.4. The third kappa shape index (κ3) is 6.03. The van der Waals surface area contributed by atoms with Crippen molar-refractivity contribution in [2.24, 2.45) is 0 Å². The van der Waals surface area contributed by atoms with Crippen LogP contribution in [0.1, 0.15) is 29.8 Å². The Hall–Kier alpha value is -3.42. The minimum atomic E-state index is -4.05. The predicted octanol–water partition coefficient (Wildman–Crippen LogP) is 1.51. The quantitative estimate of drug-likeness (QED) is 0.491. The molecule has 152 valence electrons. The number of hydrazine groups is 1. The number of carbonyl (C=O) groups is 2. The molecule has 2 rings (SSSR count). The van der Waals surface area contributed by atoms with Crippen LogP contribution in [0.3, 0.4) is 0 Å². The number of sulfonamides is 1. The van der Waals surface area contributed by atoms with Gasteiger partial charge in [-0.1, -0.05) is 0 Å². The maximum absolute atomic E-state index is 12.3. The lowest BCUT2D eigenvalue weighted by Gasteiger charge is -2.15. The van der Waals surface area contributed by atoms with Gasteiger partial charge in [-0.15, -0.1) is 4.83 Å². The van der Waals surface area contributed by atoms with Gasteiger partial charge in [-0.2, -0.15) is 5.26 Å². The summed E-state index contributed by atoms with van der Waals surface area (Å²) in [6, 6.07) is 13.1. The Balaban J connectivity index is 1.95. The maximum atomic E-state index is 12.3. The van der Waals surface area contributed by atoms with Crippen molar-refractivity contribution in [1.29, 1.82) is 5.26 Å². The fourth-order valence-electron chi connectivity index (χ4n) is 2.13. The molecule has 0 aromatic heterocycles. The molecule has 1 amide bonds. The van der Waals surface area contributed by atoms with Crippen LogP contribution in [-0.2, 0) is 19.6 Å². The minimum Gasteiger partial charge on any atom is -0.481 e. The van der Waals surface area contributed by atoms with Crippen LogP contribution in [0.5, 0.6) is 5.75 Å². The summed E-state index contributed by atoms with van der Waals surface area (Å²) in [5, 5.41) is 8.76. The average molecular weight is 417 g/mol. The fraction of sp³-hybridized carbons (Fsp3) is 0.211. The van der Waals surface area contributed by atoms with Gasteiger partial charge in [0.2, 0.25) is 0 Å².